The van der Waals surface area contributed by atoms with E-state index in [1.807, 2.05) is 0 Å². The lowest BCUT2D eigenvalue weighted by molar-refractivity contribution is 0.0979. The summed E-state index contributed by atoms with van der Waals surface area (Å²) >= 11 is 0. The minimum Gasteiger partial charge on any atom is -0.294 e. The van der Waals surface area contributed by atoms with Crippen molar-refractivity contribution >= 4 is 5.78 Å². The molecule has 0 aliphatic carbocycles. The molecule has 1 aromatic rings. The van der Waals surface area contributed by atoms with E-state index in [-0.39, 0.29) is 11.5 Å². The van der Waals surface area contributed by atoms with Crippen molar-refractivity contribution in [3.8, 4) is 5.75 Å². The van der Waals surface area contributed by atoms with Crippen LogP contribution in [0.15, 0.2) is 24.3 Å². The lowest BCUT2D eigenvalue weighted by Crippen LogP contribution is -1.97. The number of hydrogen-bond donors (Lipinski definition) is 0. The molecule has 2 heteroatoms. The zero-order chi connectivity index (χ0) is 10.4. The van der Waals surface area contributed by atoms with Gasteiger partial charge in [-0.25, -0.2) is 0 Å². The zero-order valence-corrected chi connectivity index (χ0v) is 8.45. The Kier molecular flexibility index (Phi) is 4.17. The Morgan fingerprint density at radius 2 is 1.79 bits per heavy atom. The van der Waals surface area contributed by atoms with E-state index in [0.717, 1.165) is 19.3 Å². The van der Waals surface area contributed by atoms with Crippen LogP contribution < -0.4 is 0 Å². The van der Waals surface area contributed by atoms with Crippen LogP contribution in [0.2, 0.25) is 0 Å². The SMILES string of the molecule is CCCCCC(=O)c1ccc([O])cc1. The lowest BCUT2D eigenvalue weighted by atomic mass is 10.0. The van der Waals surface area contributed by atoms with Gasteiger partial charge in [-0.3, -0.25) is 9.90 Å². The summed E-state index contributed by atoms with van der Waals surface area (Å²) in [5, 5.41) is 10.8. The van der Waals surface area contributed by atoms with Crippen molar-refractivity contribution in [1.82, 2.24) is 0 Å². The first kappa shape index (κ1) is 10.8. The van der Waals surface area contributed by atoms with E-state index in [1.54, 1.807) is 12.1 Å². The monoisotopic (exact) mass is 191 g/mol. The summed E-state index contributed by atoms with van der Waals surface area (Å²) in [5.74, 6) is 0.0913. The van der Waals surface area contributed by atoms with Gasteiger partial charge in [-0.1, -0.05) is 19.8 Å². The van der Waals surface area contributed by atoms with Crippen LogP contribution in [0.25, 0.3) is 0 Å². The molecular weight excluding hydrogens is 176 g/mol. The van der Waals surface area contributed by atoms with Gasteiger partial charge in [0.1, 0.15) is 0 Å². The number of carbonyl (C=O) groups is 1. The van der Waals surface area contributed by atoms with Crippen LogP contribution in [0.4, 0.5) is 0 Å². The third-order valence-corrected chi connectivity index (χ3v) is 2.18. The van der Waals surface area contributed by atoms with Crippen LogP contribution in [0, 0.1) is 0 Å². The number of unbranched alkanes of at least 4 members (excludes halogenated alkanes) is 2. The van der Waals surface area contributed by atoms with Crippen LogP contribution >= 0.6 is 0 Å². The standard InChI is InChI=1S/C12H15O2/c1-2-3-4-5-12(14)10-6-8-11(13)9-7-10/h6-9H,2-5H2,1H3. The number of rotatable bonds is 5. The second-order valence-electron chi connectivity index (χ2n) is 3.40. The van der Waals surface area contributed by atoms with Crippen molar-refractivity contribution in [3.63, 3.8) is 0 Å². The molecule has 75 valence electrons. The van der Waals surface area contributed by atoms with Crippen molar-refractivity contribution in [3.05, 3.63) is 29.8 Å². The molecular formula is C12H15O2. The Morgan fingerprint density at radius 1 is 1.14 bits per heavy atom. The van der Waals surface area contributed by atoms with E-state index in [1.165, 1.54) is 12.1 Å². The molecule has 0 amide bonds. The Morgan fingerprint density at radius 3 is 2.36 bits per heavy atom. The maximum atomic E-state index is 11.5. The fourth-order valence-electron chi connectivity index (χ4n) is 1.32. The minimum absolute atomic E-state index is 0.0462. The molecule has 0 heterocycles. The largest absolute Gasteiger partial charge is 0.294 e. The molecule has 1 aromatic carbocycles. The number of benzene rings is 1. The average molecular weight is 191 g/mol. The summed E-state index contributed by atoms with van der Waals surface area (Å²) in [6.07, 6.45) is 3.73. The summed E-state index contributed by atoms with van der Waals surface area (Å²) in [7, 11) is 0. The molecule has 0 aliphatic rings. The minimum atomic E-state index is -0.0462. The zero-order valence-electron chi connectivity index (χ0n) is 8.45. The van der Waals surface area contributed by atoms with Gasteiger partial charge < -0.3 is 0 Å². The van der Waals surface area contributed by atoms with Crippen molar-refractivity contribution in [2.24, 2.45) is 0 Å². The summed E-state index contributed by atoms with van der Waals surface area (Å²) < 4.78 is 0. The lowest BCUT2D eigenvalue weighted by Gasteiger charge is -1.99. The first-order valence-corrected chi connectivity index (χ1v) is 5.04. The van der Waals surface area contributed by atoms with Gasteiger partial charge >= 0.3 is 0 Å². The fraction of sp³-hybridized carbons (Fsp3) is 0.417. The second kappa shape index (κ2) is 5.43. The van der Waals surface area contributed by atoms with Crippen molar-refractivity contribution in [2.45, 2.75) is 32.6 Å². The van der Waals surface area contributed by atoms with Gasteiger partial charge in [-0.15, -0.1) is 0 Å². The summed E-state index contributed by atoms with van der Waals surface area (Å²) in [6.45, 7) is 2.11. The molecule has 0 saturated carbocycles. The predicted octanol–water partition coefficient (Wildman–Crippen LogP) is 3.59. The Bertz CT molecular complexity index is 288. The molecule has 0 N–H and O–H groups in total. The van der Waals surface area contributed by atoms with Gasteiger partial charge in [0, 0.05) is 12.0 Å². The Balaban J connectivity index is 2.48. The van der Waals surface area contributed by atoms with E-state index in [0.29, 0.717) is 12.0 Å². The van der Waals surface area contributed by atoms with Crippen molar-refractivity contribution < 1.29 is 9.90 Å². The van der Waals surface area contributed by atoms with Crippen LogP contribution in [-0.2, 0) is 5.11 Å². The molecule has 0 fully saturated rings. The highest BCUT2D eigenvalue weighted by molar-refractivity contribution is 5.96. The third-order valence-electron chi connectivity index (χ3n) is 2.18. The highest BCUT2D eigenvalue weighted by Crippen LogP contribution is 2.13. The molecule has 0 saturated heterocycles. The summed E-state index contributed by atoms with van der Waals surface area (Å²) in [5.41, 5.74) is 0.653. The Hall–Kier alpha value is -1.31. The quantitative estimate of drug-likeness (QED) is 0.517. The number of carbonyl (C=O) groups excluding carboxylic acids is 1. The average Bonchev–Trinajstić information content (AvgIpc) is 2.19. The first-order valence-electron chi connectivity index (χ1n) is 5.04. The van der Waals surface area contributed by atoms with Gasteiger partial charge in [-0.2, -0.15) is 0 Å². The van der Waals surface area contributed by atoms with E-state index in [9.17, 15) is 9.90 Å². The molecule has 0 bridgehead atoms. The van der Waals surface area contributed by atoms with E-state index in [2.05, 4.69) is 6.92 Å². The molecule has 14 heavy (non-hydrogen) atoms. The highest BCUT2D eigenvalue weighted by Gasteiger charge is 2.04. The highest BCUT2D eigenvalue weighted by atomic mass is 16.3. The maximum Gasteiger partial charge on any atom is 0.178 e. The first-order chi connectivity index (χ1) is 6.74. The van der Waals surface area contributed by atoms with Crippen LogP contribution in [-0.4, -0.2) is 5.78 Å². The molecule has 0 aliphatic heterocycles. The topological polar surface area (TPSA) is 37.0 Å². The maximum absolute atomic E-state index is 11.5. The van der Waals surface area contributed by atoms with Crippen molar-refractivity contribution in [1.29, 1.82) is 0 Å². The molecule has 0 aromatic heterocycles. The molecule has 0 atom stereocenters. The van der Waals surface area contributed by atoms with Crippen LogP contribution in [0.3, 0.4) is 0 Å². The number of Topliss-reactive ketones (excluding diaryl/α,β-unsaturated/α-hetero) is 1. The summed E-state index contributed by atoms with van der Waals surface area (Å²) in [6, 6.07) is 6.09. The second-order valence-corrected chi connectivity index (χ2v) is 3.40. The Labute approximate surface area is 84.6 Å². The number of hydrogen-bond acceptors (Lipinski definition) is 1. The molecule has 0 spiro atoms. The van der Waals surface area contributed by atoms with Gasteiger partial charge in [0.25, 0.3) is 0 Å². The third kappa shape index (κ3) is 3.21. The predicted molar refractivity (Wildman–Crippen MR) is 55.0 cm³/mol. The van der Waals surface area contributed by atoms with E-state index in [4.69, 9.17) is 0 Å². The van der Waals surface area contributed by atoms with E-state index < -0.39 is 0 Å². The normalized spacial score (nSPS) is 10.1. The summed E-state index contributed by atoms with van der Waals surface area (Å²) in [4.78, 5) is 11.5. The molecule has 0 unspecified atom stereocenters. The van der Waals surface area contributed by atoms with Gasteiger partial charge in [0.05, 0.1) is 0 Å². The molecule has 2 nitrogen and oxygen atoms in total. The fourth-order valence-corrected chi connectivity index (χ4v) is 1.32. The van der Waals surface area contributed by atoms with Gasteiger partial charge in [-0.05, 0) is 30.7 Å². The van der Waals surface area contributed by atoms with Crippen LogP contribution in [0.5, 0.6) is 5.75 Å². The van der Waals surface area contributed by atoms with Crippen molar-refractivity contribution in [2.75, 3.05) is 0 Å². The van der Waals surface area contributed by atoms with E-state index >= 15 is 0 Å². The van der Waals surface area contributed by atoms with Crippen LogP contribution in [0.1, 0.15) is 43.0 Å². The smallest absolute Gasteiger partial charge is 0.178 e. The van der Waals surface area contributed by atoms with Gasteiger partial charge in [0.15, 0.2) is 11.5 Å². The molecule has 1 rings (SSSR count). The number of ketones is 1. The molecule has 1 radical (unpaired) electrons. The van der Waals surface area contributed by atoms with Gasteiger partial charge in [0.2, 0.25) is 0 Å².